The first-order chi connectivity index (χ1) is 13.7. The minimum Gasteiger partial charge on any atom is -0.490 e. The molecule has 0 radical (unpaired) electrons. The fourth-order valence-electron chi connectivity index (χ4n) is 3.36. The molecule has 0 bridgehead atoms. The summed E-state index contributed by atoms with van der Waals surface area (Å²) in [5.74, 6) is 0.250. The molecule has 1 amide bonds. The lowest BCUT2D eigenvalue weighted by Gasteiger charge is -2.32. The number of alkyl halides is 3. The molecular formula is C20H21BF3NO4. The zero-order valence-corrected chi connectivity index (χ0v) is 15.6. The van der Waals surface area contributed by atoms with Crippen molar-refractivity contribution in [3.63, 3.8) is 0 Å². The summed E-state index contributed by atoms with van der Waals surface area (Å²) in [5.41, 5.74) is 0.149. The van der Waals surface area contributed by atoms with Gasteiger partial charge in [-0.05, 0) is 35.3 Å². The van der Waals surface area contributed by atoms with Gasteiger partial charge in [-0.15, -0.1) is 0 Å². The number of likely N-dealkylation sites (tertiary alicyclic amines) is 1. The maximum atomic E-state index is 12.6. The number of hydrogen-bond donors (Lipinski definition) is 2. The molecule has 0 aliphatic carbocycles. The minimum atomic E-state index is -4.38. The van der Waals surface area contributed by atoms with E-state index in [4.69, 9.17) is 4.74 Å². The van der Waals surface area contributed by atoms with Crippen molar-refractivity contribution in [2.75, 3.05) is 13.1 Å². The average molecular weight is 407 g/mol. The van der Waals surface area contributed by atoms with Crippen molar-refractivity contribution in [2.45, 2.75) is 31.5 Å². The Balaban J connectivity index is 1.52. The second-order valence-electron chi connectivity index (χ2n) is 6.97. The van der Waals surface area contributed by atoms with Gasteiger partial charge in [0.1, 0.15) is 11.9 Å². The van der Waals surface area contributed by atoms with Crippen LogP contribution in [0.2, 0.25) is 0 Å². The smallest absolute Gasteiger partial charge is 0.488 e. The van der Waals surface area contributed by atoms with Gasteiger partial charge in [-0.3, -0.25) is 4.79 Å². The summed E-state index contributed by atoms with van der Waals surface area (Å²) in [6, 6.07) is 11.2. The molecule has 1 aliphatic heterocycles. The molecule has 0 saturated carbocycles. The van der Waals surface area contributed by atoms with Gasteiger partial charge in [0.25, 0.3) is 0 Å². The number of piperidine rings is 1. The first-order valence-corrected chi connectivity index (χ1v) is 9.29. The van der Waals surface area contributed by atoms with Crippen LogP contribution in [0.4, 0.5) is 13.2 Å². The molecule has 0 unspecified atom stereocenters. The van der Waals surface area contributed by atoms with Gasteiger partial charge in [0.2, 0.25) is 5.91 Å². The zero-order chi connectivity index (χ0) is 21.0. The Morgan fingerprint density at radius 2 is 1.69 bits per heavy atom. The lowest BCUT2D eigenvalue weighted by Crippen LogP contribution is -2.43. The molecular weight excluding hydrogens is 386 g/mol. The fraction of sp³-hybridized carbons (Fsp3) is 0.350. The van der Waals surface area contributed by atoms with Crippen LogP contribution in [-0.4, -0.2) is 47.2 Å². The van der Waals surface area contributed by atoms with Crippen LogP contribution >= 0.6 is 0 Å². The Morgan fingerprint density at radius 1 is 1.07 bits per heavy atom. The maximum absolute atomic E-state index is 12.6. The van der Waals surface area contributed by atoms with E-state index in [1.165, 1.54) is 12.1 Å². The van der Waals surface area contributed by atoms with E-state index < -0.39 is 18.9 Å². The predicted molar refractivity (Wildman–Crippen MR) is 102 cm³/mol. The van der Waals surface area contributed by atoms with Gasteiger partial charge >= 0.3 is 13.3 Å². The van der Waals surface area contributed by atoms with Crippen LogP contribution in [0.25, 0.3) is 0 Å². The van der Waals surface area contributed by atoms with Gasteiger partial charge in [-0.2, -0.15) is 13.2 Å². The van der Waals surface area contributed by atoms with E-state index in [0.717, 1.165) is 12.1 Å². The Labute approximate surface area is 166 Å². The van der Waals surface area contributed by atoms with Crippen molar-refractivity contribution in [1.29, 1.82) is 0 Å². The first-order valence-electron chi connectivity index (χ1n) is 9.29. The Hall–Kier alpha value is -2.52. The molecule has 5 nitrogen and oxygen atoms in total. The molecule has 3 rings (SSSR count). The third-order valence-corrected chi connectivity index (χ3v) is 4.95. The highest BCUT2D eigenvalue weighted by Gasteiger charge is 2.30. The van der Waals surface area contributed by atoms with Crippen molar-refractivity contribution in [2.24, 2.45) is 0 Å². The molecule has 2 N–H and O–H groups in total. The molecule has 9 heteroatoms. The molecule has 29 heavy (non-hydrogen) atoms. The highest BCUT2D eigenvalue weighted by Crippen LogP contribution is 2.30. The van der Waals surface area contributed by atoms with Crippen molar-refractivity contribution >= 4 is 18.5 Å². The number of amides is 1. The molecule has 0 spiro atoms. The minimum absolute atomic E-state index is 0.0677. The van der Waals surface area contributed by atoms with Crippen LogP contribution in [0, 0.1) is 0 Å². The van der Waals surface area contributed by atoms with Gasteiger partial charge < -0.3 is 19.7 Å². The van der Waals surface area contributed by atoms with Crippen molar-refractivity contribution in [3.05, 3.63) is 59.7 Å². The van der Waals surface area contributed by atoms with Gasteiger partial charge in [0, 0.05) is 25.9 Å². The molecule has 2 aromatic carbocycles. The van der Waals surface area contributed by atoms with Gasteiger partial charge in [0.15, 0.2) is 0 Å². The van der Waals surface area contributed by atoms with Gasteiger partial charge in [-0.1, -0.05) is 24.3 Å². The van der Waals surface area contributed by atoms with Crippen molar-refractivity contribution in [1.82, 2.24) is 4.90 Å². The van der Waals surface area contributed by atoms with Crippen LogP contribution in [0.3, 0.4) is 0 Å². The van der Waals surface area contributed by atoms with E-state index in [0.29, 0.717) is 42.7 Å². The summed E-state index contributed by atoms with van der Waals surface area (Å²) in [4.78, 5) is 14.2. The Bertz CT molecular complexity index is 834. The van der Waals surface area contributed by atoms with E-state index in [9.17, 15) is 28.0 Å². The summed E-state index contributed by atoms with van der Waals surface area (Å²) >= 11 is 0. The molecule has 1 aliphatic rings. The van der Waals surface area contributed by atoms with Crippen LogP contribution in [0.15, 0.2) is 48.5 Å². The van der Waals surface area contributed by atoms with E-state index >= 15 is 0 Å². The standard InChI is InChI=1S/C20H21BF3NO4/c22-20(23,24)15-5-7-16(8-6-15)29-17-9-11-25(12-10-17)19(26)13-14-3-1-2-4-18(14)21(27)28/h1-8,17,27-28H,9-13H2. The number of benzene rings is 2. The molecule has 1 fully saturated rings. The molecule has 1 heterocycles. The Morgan fingerprint density at radius 3 is 2.28 bits per heavy atom. The summed E-state index contributed by atoms with van der Waals surface area (Å²) < 4.78 is 43.6. The predicted octanol–water partition coefficient (Wildman–Crippen LogP) is 2.00. The van der Waals surface area contributed by atoms with Crippen molar-refractivity contribution < 1.29 is 32.8 Å². The third kappa shape index (κ3) is 5.51. The number of carbonyl (C=O) groups is 1. The van der Waals surface area contributed by atoms with Crippen LogP contribution in [-0.2, 0) is 17.4 Å². The SMILES string of the molecule is O=C(Cc1ccccc1B(O)O)N1CCC(Oc2ccc(C(F)(F)F)cc2)CC1. The Kier molecular flexibility index (Phi) is 6.49. The molecule has 0 aromatic heterocycles. The average Bonchev–Trinajstić information content (AvgIpc) is 2.68. The topological polar surface area (TPSA) is 70.0 Å². The second-order valence-corrected chi connectivity index (χ2v) is 6.97. The summed E-state index contributed by atoms with van der Waals surface area (Å²) in [6.07, 6.45) is -3.36. The molecule has 1 saturated heterocycles. The van der Waals surface area contributed by atoms with Crippen LogP contribution < -0.4 is 10.2 Å². The monoisotopic (exact) mass is 407 g/mol. The first kappa shape index (κ1) is 21.2. The zero-order valence-electron chi connectivity index (χ0n) is 15.6. The van der Waals surface area contributed by atoms with Crippen LogP contribution in [0.5, 0.6) is 5.75 Å². The lowest BCUT2D eigenvalue weighted by atomic mass is 9.76. The van der Waals surface area contributed by atoms with Crippen molar-refractivity contribution in [3.8, 4) is 5.75 Å². The maximum Gasteiger partial charge on any atom is 0.488 e. The van der Waals surface area contributed by atoms with E-state index in [1.54, 1.807) is 29.2 Å². The van der Waals surface area contributed by atoms with E-state index in [1.807, 2.05) is 0 Å². The summed E-state index contributed by atoms with van der Waals surface area (Å²) in [7, 11) is -1.64. The number of hydrogen-bond acceptors (Lipinski definition) is 4. The molecule has 0 atom stereocenters. The number of nitrogens with zero attached hydrogens (tertiary/aromatic N) is 1. The highest BCUT2D eigenvalue weighted by molar-refractivity contribution is 6.59. The lowest BCUT2D eigenvalue weighted by molar-refractivity contribution is -0.137. The number of rotatable bonds is 5. The number of halogens is 3. The second kappa shape index (κ2) is 8.88. The normalized spacial score (nSPS) is 15.3. The quantitative estimate of drug-likeness (QED) is 0.745. The summed E-state index contributed by atoms with van der Waals surface area (Å²) in [6.45, 7) is 0.933. The van der Waals surface area contributed by atoms with Crippen LogP contribution in [0.1, 0.15) is 24.0 Å². The summed E-state index contributed by atoms with van der Waals surface area (Å²) in [5, 5.41) is 18.8. The number of ether oxygens (including phenoxy) is 1. The van der Waals surface area contributed by atoms with Gasteiger partial charge in [-0.25, -0.2) is 0 Å². The molecule has 2 aromatic rings. The highest BCUT2D eigenvalue weighted by atomic mass is 19.4. The van der Waals surface area contributed by atoms with E-state index in [2.05, 4.69) is 0 Å². The third-order valence-electron chi connectivity index (χ3n) is 4.95. The van der Waals surface area contributed by atoms with Gasteiger partial charge in [0.05, 0.1) is 12.0 Å². The van der Waals surface area contributed by atoms with E-state index in [-0.39, 0.29) is 18.4 Å². The largest absolute Gasteiger partial charge is 0.490 e. The molecule has 154 valence electrons. The number of carbonyl (C=O) groups excluding carboxylic acids is 1. The fourth-order valence-corrected chi connectivity index (χ4v) is 3.36.